The van der Waals surface area contributed by atoms with Gasteiger partial charge in [-0.3, -0.25) is 0 Å². The van der Waals surface area contributed by atoms with Gasteiger partial charge in [0.05, 0.1) is 34.6 Å². The molecule has 2 aromatic heterocycles. The van der Waals surface area contributed by atoms with E-state index in [1.165, 1.54) is 16.0 Å². The van der Waals surface area contributed by atoms with E-state index in [1.807, 2.05) is 28.5 Å². The quantitative estimate of drug-likeness (QED) is 0.659. The molecule has 0 spiro atoms. The van der Waals surface area contributed by atoms with Crippen molar-refractivity contribution in [1.29, 1.82) is 0 Å². The zero-order valence-corrected chi connectivity index (χ0v) is 17.7. The van der Waals surface area contributed by atoms with Crippen molar-refractivity contribution in [2.75, 3.05) is 13.1 Å². The Hall–Kier alpha value is -2.42. The molecule has 3 aromatic rings. The first kappa shape index (κ1) is 19.5. The molecule has 156 valence electrons. The van der Waals surface area contributed by atoms with Crippen LogP contribution < -0.4 is 4.74 Å². The van der Waals surface area contributed by atoms with Gasteiger partial charge in [0.1, 0.15) is 5.75 Å². The van der Waals surface area contributed by atoms with Gasteiger partial charge in [0.25, 0.3) is 0 Å². The van der Waals surface area contributed by atoms with Crippen LogP contribution in [0.25, 0.3) is 11.3 Å². The second-order valence-corrected chi connectivity index (χ2v) is 8.92. The van der Waals surface area contributed by atoms with Crippen LogP contribution in [0.5, 0.6) is 5.75 Å². The van der Waals surface area contributed by atoms with E-state index in [0.29, 0.717) is 41.4 Å². The van der Waals surface area contributed by atoms with Gasteiger partial charge >= 0.3 is 6.03 Å². The molecule has 0 bridgehead atoms. The topological polar surface area (TPSA) is 80.5 Å². The predicted octanol–water partition coefficient (Wildman–Crippen LogP) is 3.91. The highest BCUT2D eigenvalue weighted by Crippen LogP contribution is 2.42. The van der Waals surface area contributed by atoms with Gasteiger partial charge in [0, 0.05) is 30.2 Å². The zero-order chi connectivity index (χ0) is 20.7. The molecule has 3 atom stereocenters. The Balaban J connectivity index is 1.22. The van der Waals surface area contributed by atoms with Crippen molar-refractivity contribution in [3.63, 3.8) is 0 Å². The van der Waals surface area contributed by atoms with E-state index in [4.69, 9.17) is 21.4 Å². The normalized spacial score (nSPS) is 23.0. The number of aromatic nitrogens is 3. The van der Waals surface area contributed by atoms with Gasteiger partial charge in [0.15, 0.2) is 0 Å². The number of benzene rings is 1. The summed E-state index contributed by atoms with van der Waals surface area (Å²) >= 11 is 8.14. The van der Waals surface area contributed by atoms with Crippen LogP contribution in [0.4, 0.5) is 4.79 Å². The van der Waals surface area contributed by atoms with E-state index < -0.39 is 0 Å². The first-order valence-corrected chi connectivity index (χ1v) is 11.2. The maximum atomic E-state index is 12.7. The molecule has 5 rings (SSSR count). The molecule has 0 radical (unpaired) electrons. The van der Waals surface area contributed by atoms with Crippen LogP contribution in [0.15, 0.2) is 41.4 Å². The summed E-state index contributed by atoms with van der Waals surface area (Å²) in [4.78, 5) is 18.9. The largest absolute Gasteiger partial charge is 0.489 e. The Kier molecular flexibility index (Phi) is 5.22. The van der Waals surface area contributed by atoms with E-state index in [-0.39, 0.29) is 18.7 Å². The molecular formula is C21H21ClN4O3S. The second kappa shape index (κ2) is 8.02. The second-order valence-electron chi connectivity index (χ2n) is 7.82. The predicted molar refractivity (Wildman–Crippen MR) is 114 cm³/mol. The summed E-state index contributed by atoms with van der Waals surface area (Å²) in [5, 5.41) is 15.8. The van der Waals surface area contributed by atoms with Gasteiger partial charge < -0.3 is 14.7 Å². The number of halogens is 1. The molecule has 1 N–H and O–H groups in total. The van der Waals surface area contributed by atoms with Crippen LogP contribution in [-0.4, -0.2) is 50.0 Å². The number of hydrogen-bond acceptors (Lipinski definition) is 6. The Morgan fingerprint density at radius 1 is 1.27 bits per heavy atom. The van der Waals surface area contributed by atoms with E-state index in [1.54, 1.807) is 17.8 Å². The van der Waals surface area contributed by atoms with Crippen LogP contribution >= 0.6 is 22.9 Å². The summed E-state index contributed by atoms with van der Waals surface area (Å²) in [5.74, 6) is 1.51. The fraction of sp³-hybridized carbons (Fsp3) is 0.381. The maximum absolute atomic E-state index is 12.7. The van der Waals surface area contributed by atoms with Gasteiger partial charge in [-0.15, -0.1) is 11.3 Å². The lowest BCUT2D eigenvalue weighted by atomic mass is 10.0. The molecule has 9 heteroatoms. The minimum absolute atomic E-state index is 0.0890. The van der Waals surface area contributed by atoms with E-state index in [0.717, 1.165) is 24.1 Å². The molecule has 30 heavy (non-hydrogen) atoms. The Morgan fingerprint density at radius 2 is 2.07 bits per heavy atom. The van der Waals surface area contributed by atoms with E-state index >= 15 is 0 Å². The van der Waals surface area contributed by atoms with Gasteiger partial charge in [-0.05, 0) is 36.8 Å². The lowest BCUT2D eigenvalue weighted by Gasteiger charge is -2.20. The number of ether oxygens (including phenoxy) is 1. The van der Waals surface area contributed by atoms with Crippen molar-refractivity contribution in [1.82, 2.24) is 19.7 Å². The van der Waals surface area contributed by atoms with Crippen molar-refractivity contribution in [3.05, 3.63) is 52.1 Å². The number of hydrogen-bond donors (Lipinski definition) is 1. The Labute approximate surface area is 182 Å². The fourth-order valence-corrected chi connectivity index (χ4v) is 5.34. The van der Waals surface area contributed by atoms with Crippen LogP contribution in [0.3, 0.4) is 0 Å². The average Bonchev–Trinajstić information content (AvgIpc) is 3.52. The van der Waals surface area contributed by atoms with Crippen molar-refractivity contribution in [2.45, 2.75) is 25.6 Å². The highest BCUT2D eigenvalue weighted by molar-refractivity contribution is 7.07. The molecule has 1 saturated carbocycles. The number of thiazole rings is 1. The number of rotatable bonds is 4. The summed E-state index contributed by atoms with van der Waals surface area (Å²) in [6.45, 7) is 1.23. The van der Waals surface area contributed by atoms with Crippen molar-refractivity contribution in [2.24, 2.45) is 11.8 Å². The standard InChI is InChI=1S/C21H21ClN4O3S/c22-20-17(18-11-30-12-23-18)2-1-3-19(20)29-16-6-13-8-25(9-14(13)7-16)21(28)26-5-4-15(10-27)24-26/h1-5,11-14,16,27H,6-10H2/t13-,14+,16?. The van der Waals surface area contributed by atoms with Crippen molar-refractivity contribution in [3.8, 4) is 17.0 Å². The summed E-state index contributed by atoms with van der Waals surface area (Å²) in [7, 11) is 0. The molecule has 1 saturated heterocycles. The number of amides is 1. The van der Waals surface area contributed by atoms with E-state index in [9.17, 15) is 4.79 Å². The summed E-state index contributed by atoms with van der Waals surface area (Å²) in [6, 6.07) is 7.31. The number of carbonyl (C=O) groups excluding carboxylic acids is 1. The first-order valence-electron chi connectivity index (χ1n) is 9.90. The van der Waals surface area contributed by atoms with Gasteiger partial charge in [0.2, 0.25) is 0 Å². The third-order valence-electron chi connectivity index (χ3n) is 5.95. The SMILES string of the molecule is O=C(N1C[C@H]2CC(Oc3cccc(-c4cscn4)c3Cl)C[C@H]2C1)n1ccc(CO)n1. The number of aliphatic hydroxyl groups excluding tert-OH is 1. The number of carbonyl (C=O) groups is 1. The van der Waals surface area contributed by atoms with E-state index in [2.05, 4.69) is 10.1 Å². The molecule has 1 aromatic carbocycles. The number of likely N-dealkylation sites (tertiary alicyclic amines) is 1. The zero-order valence-electron chi connectivity index (χ0n) is 16.1. The van der Waals surface area contributed by atoms with Gasteiger partial charge in [-0.1, -0.05) is 23.7 Å². The highest BCUT2D eigenvalue weighted by atomic mass is 35.5. The number of nitrogens with zero attached hydrogens (tertiary/aromatic N) is 4. The minimum atomic E-state index is -0.170. The van der Waals surface area contributed by atoms with Crippen LogP contribution in [-0.2, 0) is 6.61 Å². The highest BCUT2D eigenvalue weighted by Gasteiger charge is 2.43. The molecule has 3 heterocycles. The van der Waals surface area contributed by atoms with Crippen LogP contribution in [0, 0.1) is 11.8 Å². The Morgan fingerprint density at radius 3 is 2.73 bits per heavy atom. The molecule has 1 aliphatic heterocycles. The molecule has 2 aliphatic rings. The molecule has 1 aliphatic carbocycles. The third kappa shape index (κ3) is 3.59. The van der Waals surface area contributed by atoms with Crippen molar-refractivity contribution >= 4 is 29.0 Å². The molecular weight excluding hydrogens is 424 g/mol. The van der Waals surface area contributed by atoms with Crippen LogP contribution in [0.1, 0.15) is 18.5 Å². The average molecular weight is 445 g/mol. The van der Waals surface area contributed by atoms with Gasteiger partial charge in [-0.25, -0.2) is 9.78 Å². The Bertz CT molecular complexity index is 1040. The lowest BCUT2D eigenvalue weighted by Crippen LogP contribution is -2.34. The summed E-state index contributed by atoms with van der Waals surface area (Å²) in [5.41, 5.74) is 4.02. The van der Waals surface area contributed by atoms with Gasteiger partial charge in [-0.2, -0.15) is 9.78 Å². The molecule has 1 unspecified atom stereocenters. The third-order valence-corrected chi connectivity index (χ3v) is 6.92. The first-order chi connectivity index (χ1) is 14.6. The number of fused-ring (bicyclic) bond motifs is 1. The lowest BCUT2D eigenvalue weighted by molar-refractivity contribution is 0.179. The molecule has 1 amide bonds. The maximum Gasteiger partial charge on any atom is 0.344 e. The summed E-state index contributed by atoms with van der Waals surface area (Å²) in [6.07, 6.45) is 3.48. The smallest absolute Gasteiger partial charge is 0.344 e. The minimum Gasteiger partial charge on any atom is -0.489 e. The summed E-state index contributed by atoms with van der Waals surface area (Å²) < 4.78 is 7.58. The molecule has 2 fully saturated rings. The molecule has 7 nitrogen and oxygen atoms in total. The fourth-order valence-electron chi connectivity index (χ4n) is 4.52. The van der Waals surface area contributed by atoms with Crippen LogP contribution in [0.2, 0.25) is 5.02 Å². The number of aliphatic hydroxyl groups is 1. The monoisotopic (exact) mass is 444 g/mol. The van der Waals surface area contributed by atoms with Crippen molar-refractivity contribution < 1.29 is 14.6 Å².